The number of nitrogens with zero attached hydrogens (tertiary/aromatic N) is 1. The maximum Gasteiger partial charge on any atom is 0.227 e. The van der Waals surface area contributed by atoms with E-state index >= 15 is 0 Å². The van der Waals surface area contributed by atoms with E-state index < -0.39 is 0 Å². The third-order valence-electron chi connectivity index (χ3n) is 5.02. The molecule has 1 amide bonds. The van der Waals surface area contributed by atoms with Crippen LogP contribution >= 0.6 is 0 Å². The van der Waals surface area contributed by atoms with Gasteiger partial charge in [-0.1, -0.05) is 18.6 Å². The van der Waals surface area contributed by atoms with Crippen molar-refractivity contribution in [2.45, 2.75) is 25.7 Å². The molecule has 1 aromatic heterocycles. The highest BCUT2D eigenvalue weighted by atomic mass is 16.1. The highest BCUT2D eigenvalue weighted by Crippen LogP contribution is 2.48. The summed E-state index contributed by atoms with van der Waals surface area (Å²) in [5.74, 6) is 1.83. The van der Waals surface area contributed by atoms with Gasteiger partial charge in [-0.25, -0.2) is 0 Å². The van der Waals surface area contributed by atoms with E-state index in [1.54, 1.807) is 6.20 Å². The number of aromatic amines is 1. The number of carbonyl (C=O) groups is 1. The van der Waals surface area contributed by atoms with Crippen molar-refractivity contribution < 1.29 is 4.79 Å². The first-order valence-corrected chi connectivity index (χ1v) is 7.70. The fourth-order valence-corrected chi connectivity index (χ4v) is 3.98. The van der Waals surface area contributed by atoms with Gasteiger partial charge in [-0.3, -0.25) is 9.89 Å². The van der Waals surface area contributed by atoms with Crippen molar-refractivity contribution in [1.82, 2.24) is 10.2 Å². The van der Waals surface area contributed by atoms with Crippen molar-refractivity contribution in [3.63, 3.8) is 0 Å². The van der Waals surface area contributed by atoms with Crippen LogP contribution in [0.4, 0.5) is 5.69 Å². The van der Waals surface area contributed by atoms with Gasteiger partial charge in [0.2, 0.25) is 5.91 Å². The number of rotatable bonds is 3. The van der Waals surface area contributed by atoms with Gasteiger partial charge in [0.25, 0.3) is 0 Å². The van der Waals surface area contributed by atoms with E-state index in [2.05, 4.69) is 15.5 Å². The molecule has 2 fully saturated rings. The predicted octanol–water partition coefficient (Wildman–Crippen LogP) is 3.45. The fourth-order valence-electron chi connectivity index (χ4n) is 3.98. The van der Waals surface area contributed by atoms with Gasteiger partial charge in [0.05, 0.1) is 5.69 Å². The Morgan fingerprint density at radius 3 is 2.90 bits per heavy atom. The summed E-state index contributed by atoms with van der Waals surface area (Å²) in [6.07, 6.45) is 6.62. The summed E-state index contributed by atoms with van der Waals surface area (Å²) in [7, 11) is 0. The number of carbonyl (C=O) groups excluding carboxylic acids is 1. The van der Waals surface area contributed by atoms with Crippen molar-refractivity contribution >= 4 is 11.6 Å². The molecule has 2 bridgehead atoms. The molecule has 0 unspecified atom stereocenters. The SMILES string of the molecule is O=C(Nc1cccc(-c2ccn[nH]2)c1)[C@@H]1C[C@H]2CC[C@H]1C2. The molecule has 2 aliphatic carbocycles. The largest absolute Gasteiger partial charge is 0.326 e. The average molecular weight is 281 g/mol. The van der Waals surface area contributed by atoms with E-state index in [1.165, 1.54) is 19.3 Å². The first kappa shape index (κ1) is 12.6. The summed E-state index contributed by atoms with van der Waals surface area (Å²) in [6, 6.07) is 9.85. The topological polar surface area (TPSA) is 57.8 Å². The second-order valence-electron chi connectivity index (χ2n) is 6.32. The molecule has 21 heavy (non-hydrogen) atoms. The van der Waals surface area contributed by atoms with Gasteiger partial charge >= 0.3 is 0 Å². The minimum absolute atomic E-state index is 0.198. The summed E-state index contributed by atoms with van der Waals surface area (Å²) < 4.78 is 0. The molecule has 4 nitrogen and oxygen atoms in total. The summed E-state index contributed by atoms with van der Waals surface area (Å²) in [5.41, 5.74) is 2.87. The molecule has 1 heterocycles. The van der Waals surface area contributed by atoms with Gasteiger partial charge < -0.3 is 5.32 Å². The average Bonchev–Trinajstić information content (AvgIpc) is 3.24. The molecule has 2 aromatic rings. The number of anilines is 1. The Morgan fingerprint density at radius 1 is 1.24 bits per heavy atom. The van der Waals surface area contributed by atoms with E-state index in [-0.39, 0.29) is 11.8 Å². The molecular weight excluding hydrogens is 262 g/mol. The lowest BCUT2D eigenvalue weighted by molar-refractivity contribution is -0.121. The van der Waals surface area contributed by atoms with Gasteiger partial charge in [-0.05, 0) is 49.3 Å². The first-order chi connectivity index (χ1) is 10.3. The van der Waals surface area contributed by atoms with Crippen molar-refractivity contribution in [2.24, 2.45) is 17.8 Å². The Balaban J connectivity index is 1.50. The van der Waals surface area contributed by atoms with Gasteiger partial charge in [0.15, 0.2) is 0 Å². The summed E-state index contributed by atoms with van der Waals surface area (Å²) in [5, 5.41) is 10.0. The van der Waals surface area contributed by atoms with E-state index in [0.717, 1.165) is 29.3 Å². The third-order valence-corrected chi connectivity index (χ3v) is 5.02. The molecule has 1 aromatic carbocycles. The number of hydrogen-bond donors (Lipinski definition) is 2. The molecule has 108 valence electrons. The zero-order valence-corrected chi connectivity index (χ0v) is 11.9. The number of fused-ring (bicyclic) bond motifs is 2. The maximum atomic E-state index is 12.5. The lowest BCUT2D eigenvalue weighted by Gasteiger charge is -2.20. The molecule has 3 atom stereocenters. The lowest BCUT2D eigenvalue weighted by atomic mass is 9.88. The van der Waals surface area contributed by atoms with E-state index in [4.69, 9.17) is 0 Å². The summed E-state index contributed by atoms with van der Waals surface area (Å²) >= 11 is 0. The summed E-state index contributed by atoms with van der Waals surface area (Å²) in [6.45, 7) is 0. The monoisotopic (exact) mass is 281 g/mol. The molecule has 2 N–H and O–H groups in total. The number of hydrogen-bond acceptors (Lipinski definition) is 2. The Labute approximate surface area is 124 Å². The molecule has 0 saturated heterocycles. The van der Waals surface area contributed by atoms with Crippen molar-refractivity contribution in [1.29, 1.82) is 0 Å². The smallest absolute Gasteiger partial charge is 0.227 e. The zero-order chi connectivity index (χ0) is 14.2. The number of amides is 1. The van der Waals surface area contributed by atoms with E-state index in [9.17, 15) is 4.79 Å². The Kier molecular flexibility index (Phi) is 3.02. The van der Waals surface area contributed by atoms with Gasteiger partial charge in [-0.15, -0.1) is 0 Å². The molecule has 0 spiro atoms. The van der Waals surface area contributed by atoms with Crippen LogP contribution in [0.3, 0.4) is 0 Å². The van der Waals surface area contributed by atoms with Crippen LogP contribution in [-0.2, 0) is 4.79 Å². The van der Waals surface area contributed by atoms with Crippen LogP contribution in [-0.4, -0.2) is 16.1 Å². The van der Waals surface area contributed by atoms with Crippen molar-refractivity contribution in [2.75, 3.05) is 5.32 Å². The first-order valence-electron chi connectivity index (χ1n) is 7.70. The molecule has 4 rings (SSSR count). The normalized spacial score (nSPS) is 27.0. The predicted molar refractivity (Wildman–Crippen MR) is 81.6 cm³/mol. The van der Waals surface area contributed by atoms with Crippen LogP contribution in [0, 0.1) is 17.8 Å². The van der Waals surface area contributed by atoms with Gasteiger partial charge in [0.1, 0.15) is 0 Å². The van der Waals surface area contributed by atoms with Crippen LogP contribution in [0.2, 0.25) is 0 Å². The molecule has 2 saturated carbocycles. The van der Waals surface area contributed by atoms with Crippen LogP contribution in [0.25, 0.3) is 11.3 Å². The minimum atomic E-state index is 0.198. The second-order valence-corrected chi connectivity index (χ2v) is 6.32. The molecule has 2 aliphatic rings. The Hall–Kier alpha value is -2.10. The van der Waals surface area contributed by atoms with Crippen molar-refractivity contribution in [3.05, 3.63) is 36.5 Å². The van der Waals surface area contributed by atoms with Crippen LogP contribution < -0.4 is 5.32 Å². The third kappa shape index (κ3) is 2.35. The van der Waals surface area contributed by atoms with Crippen LogP contribution in [0.5, 0.6) is 0 Å². The quantitative estimate of drug-likeness (QED) is 0.905. The Morgan fingerprint density at radius 2 is 2.19 bits per heavy atom. The van der Waals surface area contributed by atoms with Crippen LogP contribution in [0.1, 0.15) is 25.7 Å². The van der Waals surface area contributed by atoms with Crippen molar-refractivity contribution in [3.8, 4) is 11.3 Å². The fraction of sp³-hybridized carbons (Fsp3) is 0.412. The highest BCUT2D eigenvalue weighted by Gasteiger charge is 2.42. The molecule has 4 heteroatoms. The maximum absolute atomic E-state index is 12.5. The number of aromatic nitrogens is 2. The van der Waals surface area contributed by atoms with E-state index in [0.29, 0.717) is 5.92 Å². The number of H-pyrrole nitrogens is 1. The van der Waals surface area contributed by atoms with E-state index in [1.807, 2.05) is 30.3 Å². The minimum Gasteiger partial charge on any atom is -0.326 e. The molecular formula is C17H19N3O. The van der Waals surface area contributed by atoms with Gasteiger partial charge in [-0.2, -0.15) is 5.10 Å². The molecule has 0 aliphatic heterocycles. The standard InChI is InChI=1S/C17H19N3O/c21-17(15-9-11-4-5-12(15)8-11)19-14-3-1-2-13(10-14)16-6-7-18-20-16/h1-3,6-7,10-12,15H,4-5,8-9H2,(H,18,20)(H,19,21)/t11-,12-,15+/m0/s1. The molecule has 0 radical (unpaired) electrons. The second kappa shape index (κ2) is 5.02. The summed E-state index contributed by atoms with van der Waals surface area (Å²) in [4.78, 5) is 12.5. The van der Waals surface area contributed by atoms with Gasteiger partial charge in [0, 0.05) is 23.4 Å². The lowest BCUT2D eigenvalue weighted by Crippen LogP contribution is -2.27. The highest BCUT2D eigenvalue weighted by molar-refractivity contribution is 5.93. The zero-order valence-electron chi connectivity index (χ0n) is 11.9. The number of nitrogens with one attached hydrogen (secondary N) is 2. The number of benzene rings is 1. The Bertz CT molecular complexity index is 650. The van der Waals surface area contributed by atoms with Crippen LogP contribution in [0.15, 0.2) is 36.5 Å².